The highest BCUT2D eigenvalue weighted by molar-refractivity contribution is 7.99. The van der Waals surface area contributed by atoms with Crippen LogP contribution in [0.3, 0.4) is 0 Å². The maximum Gasteiger partial charge on any atom is 0.573 e. The zero-order valence-corrected chi connectivity index (χ0v) is 14.6. The number of halogens is 3. The number of anilines is 1. The summed E-state index contributed by atoms with van der Waals surface area (Å²) in [4.78, 5) is 11.9. The standard InChI is InChI=1S/C18H18F3NO2S/c1-12-7-13(2)9-14(8-12)10-25-11-17(23)22-15-3-5-16(6-4-15)24-18(19,20)21/h3-9H,10-11H2,1-2H3,(H,22,23). The summed E-state index contributed by atoms with van der Waals surface area (Å²) < 4.78 is 40.0. The number of hydrogen-bond acceptors (Lipinski definition) is 3. The average Bonchev–Trinajstić information content (AvgIpc) is 2.47. The number of amides is 1. The summed E-state index contributed by atoms with van der Waals surface area (Å²) in [6.45, 7) is 4.06. The molecule has 0 atom stereocenters. The summed E-state index contributed by atoms with van der Waals surface area (Å²) in [5.74, 6) is 0.441. The van der Waals surface area contributed by atoms with E-state index in [-0.39, 0.29) is 17.4 Å². The van der Waals surface area contributed by atoms with Crippen LogP contribution in [0.25, 0.3) is 0 Å². The molecule has 0 aromatic heterocycles. The third-order valence-corrected chi connectivity index (χ3v) is 4.16. The SMILES string of the molecule is Cc1cc(C)cc(CSCC(=O)Nc2ccc(OC(F)(F)F)cc2)c1. The van der Waals surface area contributed by atoms with Gasteiger partial charge in [-0.1, -0.05) is 29.3 Å². The Hall–Kier alpha value is -2.15. The Balaban J connectivity index is 1.80. The fraction of sp³-hybridized carbons (Fsp3) is 0.278. The predicted molar refractivity (Wildman–Crippen MR) is 93.8 cm³/mol. The molecule has 2 aromatic carbocycles. The van der Waals surface area contributed by atoms with Crippen LogP contribution in [0.5, 0.6) is 5.75 Å². The molecule has 0 aliphatic rings. The van der Waals surface area contributed by atoms with Crippen LogP contribution in [-0.4, -0.2) is 18.0 Å². The summed E-state index contributed by atoms with van der Waals surface area (Å²) in [7, 11) is 0. The minimum Gasteiger partial charge on any atom is -0.406 e. The van der Waals surface area contributed by atoms with Crippen LogP contribution in [0, 0.1) is 13.8 Å². The van der Waals surface area contributed by atoms with Crippen LogP contribution in [-0.2, 0) is 10.5 Å². The van der Waals surface area contributed by atoms with Crippen molar-refractivity contribution in [1.82, 2.24) is 0 Å². The first-order chi connectivity index (χ1) is 11.7. The highest BCUT2D eigenvalue weighted by atomic mass is 32.2. The van der Waals surface area contributed by atoms with Gasteiger partial charge in [0.05, 0.1) is 5.75 Å². The molecule has 0 aliphatic carbocycles. The van der Waals surface area contributed by atoms with Crippen LogP contribution in [0.4, 0.5) is 18.9 Å². The molecule has 3 nitrogen and oxygen atoms in total. The maximum atomic E-state index is 12.1. The van der Waals surface area contributed by atoms with Gasteiger partial charge in [-0.25, -0.2) is 0 Å². The lowest BCUT2D eigenvalue weighted by Crippen LogP contribution is -2.17. The Bertz CT molecular complexity index is 710. The van der Waals surface area contributed by atoms with Gasteiger partial charge < -0.3 is 10.1 Å². The molecule has 1 amide bonds. The lowest BCUT2D eigenvalue weighted by molar-refractivity contribution is -0.274. The highest BCUT2D eigenvalue weighted by Gasteiger charge is 2.30. The van der Waals surface area contributed by atoms with Gasteiger partial charge in [0.2, 0.25) is 5.91 Å². The zero-order valence-electron chi connectivity index (χ0n) is 13.8. The number of hydrogen-bond donors (Lipinski definition) is 1. The van der Waals surface area contributed by atoms with E-state index in [1.54, 1.807) is 0 Å². The number of nitrogens with one attached hydrogen (secondary N) is 1. The number of thioether (sulfide) groups is 1. The van der Waals surface area contributed by atoms with Crippen LogP contribution >= 0.6 is 11.8 Å². The van der Waals surface area contributed by atoms with Gasteiger partial charge in [0.25, 0.3) is 0 Å². The Morgan fingerprint density at radius 1 is 1.08 bits per heavy atom. The van der Waals surface area contributed by atoms with Crippen molar-refractivity contribution < 1.29 is 22.7 Å². The van der Waals surface area contributed by atoms with Gasteiger partial charge >= 0.3 is 6.36 Å². The molecule has 0 fully saturated rings. The van der Waals surface area contributed by atoms with Gasteiger partial charge in [0.1, 0.15) is 5.75 Å². The number of benzene rings is 2. The number of aryl methyl sites for hydroxylation is 2. The second kappa shape index (κ2) is 8.29. The molecule has 2 rings (SSSR count). The Morgan fingerprint density at radius 2 is 1.68 bits per heavy atom. The molecule has 2 aromatic rings. The van der Waals surface area contributed by atoms with Crippen LogP contribution in [0.1, 0.15) is 16.7 Å². The molecular weight excluding hydrogens is 351 g/mol. The number of carbonyl (C=O) groups is 1. The van der Waals surface area contributed by atoms with E-state index in [4.69, 9.17) is 0 Å². The first kappa shape index (κ1) is 19.2. The van der Waals surface area contributed by atoms with Crippen molar-refractivity contribution in [3.63, 3.8) is 0 Å². The average molecular weight is 369 g/mol. The second-order valence-electron chi connectivity index (χ2n) is 5.61. The molecule has 0 radical (unpaired) electrons. The Labute approximate surface area is 148 Å². The number of rotatable bonds is 6. The van der Waals surface area contributed by atoms with E-state index in [0.717, 1.165) is 17.7 Å². The van der Waals surface area contributed by atoms with Gasteiger partial charge in [-0.15, -0.1) is 24.9 Å². The molecule has 0 bridgehead atoms. The fourth-order valence-electron chi connectivity index (χ4n) is 2.35. The van der Waals surface area contributed by atoms with E-state index in [9.17, 15) is 18.0 Å². The smallest absolute Gasteiger partial charge is 0.406 e. The Morgan fingerprint density at radius 3 is 2.24 bits per heavy atom. The van der Waals surface area contributed by atoms with E-state index in [1.165, 1.54) is 35.0 Å². The molecular formula is C18H18F3NO2S. The van der Waals surface area contributed by atoms with Crippen molar-refractivity contribution in [2.75, 3.05) is 11.1 Å². The molecule has 134 valence electrons. The van der Waals surface area contributed by atoms with Gasteiger partial charge in [-0.2, -0.15) is 0 Å². The number of alkyl halides is 3. The topological polar surface area (TPSA) is 38.3 Å². The summed E-state index contributed by atoms with van der Waals surface area (Å²) in [6, 6.07) is 11.3. The van der Waals surface area contributed by atoms with Gasteiger partial charge in [-0.05, 0) is 43.7 Å². The van der Waals surface area contributed by atoms with Crippen LogP contribution in [0.2, 0.25) is 0 Å². The summed E-state index contributed by atoms with van der Waals surface area (Å²) in [5, 5.41) is 2.64. The third kappa shape index (κ3) is 7.09. The number of carbonyl (C=O) groups excluding carboxylic acids is 1. The van der Waals surface area contributed by atoms with E-state index in [0.29, 0.717) is 11.4 Å². The molecule has 0 heterocycles. The fourth-order valence-corrected chi connectivity index (χ4v) is 3.11. The first-order valence-electron chi connectivity index (χ1n) is 7.52. The van der Waals surface area contributed by atoms with E-state index >= 15 is 0 Å². The monoisotopic (exact) mass is 369 g/mol. The van der Waals surface area contributed by atoms with Gasteiger partial charge in [0.15, 0.2) is 0 Å². The lowest BCUT2D eigenvalue weighted by atomic mass is 10.1. The van der Waals surface area contributed by atoms with E-state index in [2.05, 4.69) is 28.3 Å². The summed E-state index contributed by atoms with van der Waals surface area (Å²) in [6.07, 6.45) is -4.73. The zero-order chi connectivity index (χ0) is 18.4. The normalized spacial score (nSPS) is 11.2. The third-order valence-electron chi connectivity index (χ3n) is 3.16. The molecule has 0 saturated heterocycles. The highest BCUT2D eigenvalue weighted by Crippen LogP contribution is 2.24. The summed E-state index contributed by atoms with van der Waals surface area (Å²) in [5.41, 5.74) is 3.94. The minimum atomic E-state index is -4.73. The molecule has 7 heteroatoms. The lowest BCUT2D eigenvalue weighted by Gasteiger charge is -2.10. The Kier molecular flexibility index (Phi) is 6.36. The molecule has 1 N–H and O–H groups in total. The first-order valence-corrected chi connectivity index (χ1v) is 8.67. The minimum absolute atomic E-state index is 0.209. The largest absolute Gasteiger partial charge is 0.573 e. The quantitative estimate of drug-likeness (QED) is 0.772. The van der Waals surface area contributed by atoms with Gasteiger partial charge in [0, 0.05) is 11.4 Å². The van der Waals surface area contributed by atoms with Crippen LogP contribution in [0.15, 0.2) is 42.5 Å². The van der Waals surface area contributed by atoms with Crippen molar-refractivity contribution >= 4 is 23.4 Å². The van der Waals surface area contributed by atoms with Crippen molar-refractivity contribution in [2.24, 2.45) is 0 Å². The predicted octanol–water partition coefficient (Wildman–Crippen LogP) is 5.07. The van der Waals surface area contributed by atoms with Crippen molar-refractivity contribution in [3.05, 3.63) is 59.2 Å². The molecule has 0 aliphatic heterocycles. The summed E-state index contributed by atoms with van der Waals surface area (Å²) >= 11 is 1.48. The maximum absolute atomic E-state index is 12.1. The van der Waals surface area contributed by atoms with E-state index in [1.807, 2.05) is 13.8 Å². The molecule has 0 spiro atoms. The molecule has 0 saturated carbocycles. The van der Waals surface area contributed by atoms with E-state index < -0.39 is 6.36 Å². The van der Waals surface area contributed by atoms with Crippen molar-refractivity contribution in [1.29, 1.82) is 0 Å². The second-order valence-corrected chi connectivity index (χ2v) is 6.59. The van der Waals surface area contributed by atoms with Gasteiger partial charge in [-0.3, -0.25) is 4.79 Å². The molecule has 0 unspecified atom stereocenters. The van der Waals surface area contributed by atoms with Crippen LogP contribution < -0.4 is 10.1 Å². The van der Waals surface area contributed by atoms with Crippen molar-refractivity contribution in [2.45, 2.75) is 26.0 Å². The molecule has 25 heavy (non-hydrogen) atoms. The van der Waals surface area contributed by atoms with Crippen molar-refractivity contribution in [3.8, 4) is 5.75 Å². The number of ether oxygens (including phenoxy) is 1.